The summed E-state index contributed by atoms with van der Waals surface area (Å²) in [4.78, 5) is 42.5. The lowest BCUT2D eigenvalue weighted by molar-refractivity contribution is -0.130. The Kier molecular flexibility index (Phi) is 5.86. The van der Waals surface area contributed by atoms with E-state index in [4.69, 9.17) is 10.1 Å². The standard InChI is InChI=1S/C18H21N7O4/c1-3-29-18(28)15-22-13-9-11(5-8-25(13)23-15)21-16(26)14(20-2)12(10-19)17(27)24-6-4-7-24/h5,8-10,19-20H,3-4,6-7H2,1-2H3,(H,21,26)/b14-12+,19-10?. The molecule has 0 bridgehead atoms. The van der Waals surface area contributed by atoms with Gasteiger partial charge in [0.1, 0.15) is 5.70 Å². The second-order valence-electron chi connectivity index (χ2n) is 6.16. The first-order valence-electron chi connectivity index (χ1n) is 9.05. The Morgan fingerprint density at radius 1 is 1.34 bits per heavy atom. The molecule has 0 saturated carbocycles. The maximum atomic E-state index is 12.7. The molecule has 3 rings (SSSR count). The highest BCUT2D eigenvalue weighted by molar-refractivity contribution is 6.19. The molecule has 0 aromatic carbocycles. The summed E-state index contributed by atoms with van der Waals surface area (Å²) >= 11 is 0. The van der Waals surface area contributed by atoms with Gasteiger partial charge in [0.15, 0.2) is 5.65 Å². The molecule has 2 aromatic heterocycles. The number of anilines is 1. The third-order valence-electron chi connectivity index (χ3n) is 4.32. The Hall–Kier alpha value is -3.76. The molecular formula is C18H21N7O4. The van der Waals surface area contributed by atoms with E-state index in [0.717, 1.165) is 12.6 Å². The lowest BCUT2D eigenvalue weighted by Crippen LogP contribution is -2.44. The fourth-order valence-corrected chi connectivity index (χ4v) is 2.74. The monoisotopic (exact) mass is 399 g/mol. The van der Waals surface area contributed by atoms with Crippen LogP contribution in [0.5, 0.6) is 0 Å². The molecule has 3 N–H and O–H groups in total. The molecule has 2 amide bonds. The van der Waals surface area contributed by atoms with Gasteiger partial charge >= 0.3 is 5.97 Å². The molecule has 1 aliphatic heterocycles. The number of likely N-dealkylation sites (N-methyl/N-ethyl adjacent to an activating group) is 1. The third kappa shape index (κ3) is 4.08. The van der Waals surface area contributed by atoms with Gasteiger partial charge in [0.2, 0.25) is 0 Å². The van der Waals surface area contributed by atoms with Crippen molar-refractivity contribution >= 4 is 35.3 Å². The zero-order valence-electron chi connectivity index (χ0n) is 16.1. The zero-order chi connectivity index (χ0) is 21.0. The van der Waals surface area contributed by atoms with Crippen LogP contribution in [0.15, 0.2) is 29.6 Å². The van der Waals surface area contributed by atoms with E-state index < -0.39 is 11.9 Å². The summed E-state index contributed by atoms with van der Waals surface area (Å²) in [5, 5.41) is 16.9. The summed E-state index contributed by atoms with van der Waals surface area (Å²) in [5.41, 5.74) is 0.701. The van der Waals surface area contributed by atoms with E-state index in [1.807, 2.05) is 0 Å². The molecule has 0 spiro atoms. The highest BCUT2D eigenvalue weighted by Crippen LogP contribution is 2.15. The quantitative estimate of drug-likeness (QED) is 0.343. The van der Waals surface area contributed by atoms with Gasteiger partial charge < -0.3 is 25.7 Å². The molecule has 11 nitrogen and oxygen atoms in total. The van der Waals surface area contributed by atoms with Gasteiger partial charge in [-0.1, -0.05) is 0 Å². The predicted octanol–water partition coefficient (Wildman–Crippen LogP) is 0.200. The fourth-order valence-electron chi connectivity index (χ4n) is 2.74. The van der Waals surface area contributed by atoms with E-state index in [1.165, 1.54) is 23.8 Å². The molecule has 152 valence electrons. The summed E-state index contributed by atoms with van der Waals surface area (Å²) in [6, 6.07) is 3.10. The number of likely N-dealkylation sites (tertiary alicyclic amines) is 1. The number of amides is 2. The van der Waals surface area contributed by atoms with E-state index in [1.54, 1.807) is 17.9 Å². The van der Waals surface area contributed by atoms with Gasteiger partial charge in [-0.25, -0.2) is 14.3 Å². The molecule has 11 heteroatoms. The van der Waals surface area contributed by atoms with Gasteiger partial charge in [0.05, 0.1) is 12.2 Å². The number of pyridine rings is 1. The number of nitrogens with one attached hydrogen (secondary N) is 3. The number of hydrogen-bond acceptors (Lipinski definition) is 8. The van der Waals surface area contributed by atoms with Crippen molar-refractivity contribution in [3.8, 4) is 0 Å². The largest absolute Gasteiger partial charge is 0.460 e. The van der Waals surface area contributed by atoms with Gasteiger partial charge in [0.25, 0.3) is 17.6 Å². The lowest BCUT2D eigenvalue weighted by atomic mass is 10.1. The Balaban J connectivity index is 1.83. The molecule has 1 saturated heterocycles. The van der Waals surface area contributed by atoms with E-state index >= 15 is 0 Å². The second-order valence-corrected chi connectivity index (χ2v) is 6.16. The molecule has 3 heterocycles. The first kappa shape index (κ1) is 20.0. The molecule has 0 aliphatic carbocycles. The van der Waals surface area contributed by atoms with Crippen LogP contribution in [0.1, 0.15) is 24.0 Å². The predicted molar refractivity (Wildman–Crippen MR) is 104 cm³/mol. The number of fused-ring (bicyclic) bond motifs is 1. The second kappa shape index (κ2) is 8.50. The average molecular weight is 399 g/mol. The Morgan fingerprint density at radius 2 is 2.10 bits per heavy atom. The van der Waals surface area contributed by atoms with Crippen molar-refractivity contribution in [1.29, 1.82) is 5.41 Å². The summed E-state index contributed by atoms with van der Waals surface area (Å²) < 4.78 is 6.26. The molecule has 0 unspecified atom stereocenters. The number of esters is 1. The topological polar surface area (TPSA) is 142 Å². The molecule has 2 aromatic rings. The number of carbonyl (C=O) groups is 3. The van der Waals surface area contributed by atoms with Gasteiger partial charge in [-0.3, -0.25) is 9.59 Å². The SMILES string of the molecule is CCOC(=O)c1nc2cc(NC(=O)/C(NC)=C(/C=N)C(=O)N3CCC3)ccn2n1. The molecule has 1 fully saturated rings. The highest BCUT2D eigenvalue weighted by atomic mass is 16.5. The van der Waals surface area contributed by atoms with Crippen LogP contribution in [-0.4, -0.2) is 70.2 Å². The van der Waals surface area contributed by atoms with Crippen molar-refractivity contribution in [2.24, 2.45) is 0 Å². The normalized spacial score (nSPS) is 13.9. The van der Waals surface area contributed by atoms with Crippen LogP contribution in [0.25, 0.3) is 5.65 Å². The van der Waals surface area contributed by atoms with Gasteiger partial charge in [-0.15, -0.1) is 5.10 Å². The minimum absolute atomic E-state index is 0.00884. The van der Waals surface area contributed by atoms with E-state index in [0.29, 0.717) is 24.4 Å². The first-order valence-corrected chi connectivity index (χ1v) is 9.05. The van der Waals surface area contributed by atoms with Crippen molar-refractivity contribution in [3.63, 3.8) is 0 Å². The third-order valence-corrected chi connectivity index (χ3v) is 4.32. The van der Waals surface area contributed by atoms with Gasteiger partial charge in [0, 0.05) is 44.3 Å². The molecule has 29 heavy (non-hydrogen) atoms. The van der Waals surface area contributed by atoms with Crippen LogP contribution in [0.2, 0.25) is 0 Å². The van der Waals surface area contributed by atoms with Gasteiger partial charge in [-0.05, 0) is 19.4 Å². The van der Waals surface area contributed by atoms with Crippen LogP contribution in [0.4, 0.5) is 5.69 Å². The van der Waals surface area contributed by atoms with Crippen molar-refractivity contribution in [2.75, 3.05) is 32.1 Å². The maximum absolute atomic E-state index is 12.7. The zero-order valence-corrected chi connectivity index (χ0v) is 16.1. The minimum atomic E-state index is -0.637. The van der Waals surface area contributed by atoms with E-state index in [2.05, 4.69) is 20.7 Å². The smallest absolute Gasteiger partial charge is 0.378 e. The number of carbonyl (C=O) groups excluding carboxylic acids is 3. The lowest BCUT2D eigenvalue weighted by Gasteiger charge is -2.31. The molecule has 1 aliphatic rings. The van der Waals surface area contributed by atoms with Crippen molar-refractivity contribution < 1.29 is 19.1 Å². The van der Waals surface area contributed by atoms with Crippen LogP contribution in [0.3, 0.4) is 0 Å². The Bertz CT molecular complexity index is 1010. The molecule has 0 atom stereocenters. The number of aromatic nitrogens is 3. The number of rotatable bonds is 7. The van der Waals surface area contributed by atoms with E-state index in [-0.39, 0.29) is 29.6 Å². The average Bonchev–Trinajstić information content (AvgIpc) is 3.08. The summed E-state index contributed by atoms with van der Waals surface area (Å²) in [6.07, 6.45) is 3.32. The van der Waals surface area contributed by atoms with Crippen molar-refractivity contribution in [2.45, 2.75) is 13.3 Å². The molecule has 0 radical (unpaired) electrons. The van der Waals surface area contributed by atoms with Crippen molar-refractivity contribution in [1.82, 2.24) is 24.8 Å². The number of hydrogen-bond donors (Lipinski definition) is 3. The fraction of sp³-hybridized carbons (Fsp3) is 0.333. The first-order chi connectivity index (χ1) is 14.0. The summed E-state index contributed by atoms with van der Waals surface area (Å²) in [5.74, 6) is -1.66. The van der Waals surface area contributed by atoms with Crippen LogP contribution >= 0.6 is 0 Å². The summed E-state index contributed by atoms with van der Waals surface area (Å²) in [7, 11) is 1.51. The number of ether oxygens (including phenoxy) is 1. The summed E-state index contributed by atoms with van der Waals surface area (Å²) in [6.45, 7) is 3.12. The number of nitrogens with zero attached hydrogens (tertiary/aromatic N) is 4. The van der Waals surface area contributed by atoms with Gasteiger partial charge in [-0.2, -0.15) is 0 Å². The van der Waals surface area contributed by atoms with Crippen LogP contribution < -0.4 is 10.6 Å². The maximum Gasteiger partial charge on any atom is 0.378 e. The Morgan fingerprint density at radius 3 is 2.69 bits per heavy atom. The molecular weight excluding hydrogens is 378 g/mol. The Labute approximate surface area is 166 Å². The minimum Gasteiger partial charge on any atom is -0.460 e. The van der Waals surface area contributed by atoms with E-state index in [9.17, 15) is 14.4 Å². The van der Waals surface area contributed by atoms with Crippen LogP contribution in [0, 0.1) is 5.41 Å². The van der Waals surface area contributed by atoms with Crippen LogP contribution in [-0.2, 0) is 14.3 Å². The van der Waals surface area contributed by atoms with Crippen molar-refractivity contribution in [3.05, 3.63) is 35.4 Å². The highest BCUT2D eigenvalue weighted by Gasteiger charge is 2.27.